The van der Waals surface area contributed by atoms with Crippen molar-refractivity contribution < 1.29 is 0 Å². The Balaban J connectivity index is 1.84. The van der Waals surface area contributed by atoms with Gasteiger partial charge in [-0.15, -0.1) is 0 Å². The van der Waals surface area contributed by atoms with Gasteiger partial charge in [-0.05, 0) is 25.2 Å². The van der Waals surface area contributed by atoms with E-state index in [-0.39, 0.29) is 0 Å². The summed E-state index contributed by atoms with van der Waals surface area (Å²) in [5, 5.41) is 3.50. The average Bonchev–Trinajstić information content (AvgIpc) is 2.64. The zero-order chi connectivity index (χ0) is 7.26. The van der Waals surface area contributed by atoms with Crippen LogP contribution in [0.2, 0.25) is 0 Å². The van der Waals surface area contributed by atoms with Crippen molar-refractivity contribution in [1.82, 2.24) is 10.2 Å². The minimum absolute atomic E-state index is 0.919. The lowest BCUT2D eigenvalue weighted by molar-refractivity contribution is 0.112. The molecule has 2 aliphatic heterocycles. The lowest BCUT2D eigenvalue weighted by atomic mass is 9.97. The Labute approximate surface area is 68.0 Å². The Morgan fingerprint density at radius 3 is 3.18 bits per heavy atom. The first-order valence-corrected chi connectivity index (χ1v) is 4.91. The summed E-state index contributed by atoms with van der Waals surface area (Å²) < 4.78 is 0. The number of nitrogens with zero attached hydrogens (tertiary/aromatic N) is 1. The maximum atomic E-state index is 3.50. The maximum Gasteiger partial charge on any atom is 0.0252 e. The normalized spacial score (nSPS) is 49.6. The smallest absolute Gasteiger partial charge is 0.0252 e. The number of hydrogen-bond donors (Lipinski definition) is 1. The van der Waals surface area contributed by atoms with Gasteiger partial charge in [0, 0.05) is 31.7 Å². The van der Waals surface area contributed by atoms with Crippen LogP contribution in [0.25, 0.3) is 0 Å². The van der Waals surface area contributed by atoms with Crippen molar-refractivity contribution in [3.63, 3.8) is 0 Å². The minimum Gasteiger partial charge on any atom is -0.314 e. The van der Waals surface area contributed by atoms with E-state index in [4.69, 9.17) is 0 Å². The Kier molecular flexibility index (Phi) is 1.29. The molecular formula is C9H16N2. The van der Waals surface area contributed by atoms with Crippen LogP contribution in [0, 0.1) is 5.92 Å². The van der Waals surface area contributed by atoms with Crippen LogP contribution in [0.4, 0.5) is 0 Å². The molecule has 1 N–H and O–H groups in total. The van der Waals surface area contributed by atoms with Crippen molar-refractivity contribution in [3.8, 4) is 0 Å². The van der Waals surface area contributed by atoms with E-state index in [0.717, 1.165) is 18.0 Å². The molecule has 1 saturated carbocycles. The van der Waals surface area contributed by atoms with Gasteiger partial charge >= 0.3 is 0 Å². The molecule has 0 amide bonds. The van der Waals surface area contributed by atoms with E-state index in [2.05, 4.69) is 10.2 Å². The summed E-state index contributed by atoms with van der Waals surface area (Å²) in [7, 11) is 0. The Hall–Kier alpha value is -0.0800. The molecular weight excluding hydrogens is 136 g/mol. The Morgan fingerprint density at radius 1 is 1.27 bits per heavy atom. The average molecular weight is 152 g/mol. The molecule has 62 valence electrons. The first-order chi connectivity index (χ1) is 5.45. The first kappa shape index (κ1) is 6.44. The Bertz CT molecular complexity index is 151. The SMILES string of the molecule is C1CN2C(CN1)[C@H]1CC[C@@H]2C1. The molecule has 3 atom stereocenters. The monoisotopic (exact) mass is 152 g/mol. The van der Waals surface area contributed by atoms with Crippen LogP contribution in [-0.4, -0.2) is 36.6 Å². The van der Waals surface area contributed by atoms with Crippen molar-refractivity contribution >= 4 is 0 Å². The molecule has 0 aromatic heterocycles. The van der Waals surface area contributed by atoms with Gasteiger partial charge in [0.1, 0.15) is 0 Å². The first-order valence-electron chi connectivity index (χ1n) is 4.91. The van der Waals surface area contributed by atoms with Gasteiger partial charge in [0.25, 0.3) is 0 Å². The van der Waals surface area contributed by atoms with Gasteiger partial charge in [-0.2, -0.15) is 0 Å². The van der Waals surface area contributed by atoms with Crippen molar-refractivity contribution in [2.45, 2.75) is 31.3 Å². The second kappa shape index (κ2) is 2.20. The third-order valence-electron chi connectivity index (χ3n) is 3.78. The number of nitrogens with one attached hydrogen (secondary N) is 1. The van der Waals surface area contributed by atoms with E-state index in [9.17, 15) is 0 Å². The second-order valence-electron chi connectivity index (χ2n) is 4.24. The van der Waals surface area contributed by atoms with Gasteiger partial charge in [0.15, 0.2) is 0 Å². The number of piperidine rings is 1. The van der Waals surface area contributed by atoms with Crippen LogP contribution in [0.15, 0.2) is 0 Å². The van der Waals surface area contributed by atoms with Crippen molar-refractivity contribution in [2.75, 3.05) is 19.6 Å². The fourth-order valence-corrected chi connectivity index (χ4v) is 3.27. The molecule has 1 unspecified atom stereocenters. The molecule has 3 aliphatic rings. The summed E-state index contributed by atoms with van der Waals surface area (Å²) in [6, 6.07) is 1.90. The summed E-state index contributed by atoms with van der Waals surface area (Å²) in [6.07, 6.45) is 4.50. The van der Waals surface area contributed by atoms with E-state index in [1.54, 1.807) is 0 Å². The van der Waals surface area contributed by atoms with E-state index in [1.165, 1.54) is 38.9 Å². The molecule has 3 rings (SSSR count). The summed E-state index contributed by atoms with van der Waals surface area (Å²) in [4.78, 5) is 2.75. The van der Waals surface area contributed by atoms with Crippen molar-refractivity contribution in [1.29, 1.82) is 0 Å². The largest absolute Gasteiger partial charge is 0.314 e. The van der Waals surface area contributed by atoms with Gasteiger partial charge in [-0.1, -0.05) is 0 Å². The van der Waals surface area contributed by atoms with Crippen molar-refractivity contribution in [2.24, 2.45) is 5.92 Å². The van der Waals surface area contributed by atoms with Crippen LogP contribution in [-0.2, 0) is 0 Å². The molecule has 2 saturated heterocycles. The third kappa shape index (κ3) is 0.798. The van der Waals surface area contributed by atoms with E-state index in [0.29, 0.717) is 0 Å². The molecule has 3 fully saturated rings. The van der Waals surface area contributed by atoms with Crippen LogP contribution in [0.5, 0.6) is 0 Å². The zero-order valence-corrected chi connectivity index (χ0v) is 6.92. The topological polar surface area (TPSA) is 15.3 Å². The molecule has 0 radical (unpaired) electrons. The van der Waals surface area contributed by atoms with Gasteiger partial charge < -0.3 is 5.32 Å². The Morgan fingerprint density at radius 2 is 2.27 bits per heavy atom. The number of fused-ring (bicyclic) bond motifs is 5. The van der Waals surface area contributed by atoms with E-state index in [1.807, 2.05) is 0 Å². The predicted molar refractivity (Wildman–Crippen MR) is 44.5 cm³/mol. The van der Waals surface area contributed by atoms with E-state index >= 15 is 0 Å². The highest BCUT2D eigenvalue weighted by Crippen LogP contribution is 2.42. The number of hydrogen-bond acceptors (Lipinski definition) is 2. The summed E-state index contributed by atoms with van der Waals surface area (Å²) in [5.74, 6) is 1.05. The molecule has 0 aromatic carbocycles. The highest BCUT2D eigenvalue weighted by atomic mass is 15.3. The van der Waals surface area contributed by atoms with Crippen LogP contribution < -0.4 is 5.32 Å². The predicted octanol–water partition coefficient (Wildman–Crippen LogP) is 0.442. The molecule has 2 heteroatoms. The molecule has 0 aromatic rings. The summed E-state index contributed by atoms with van der Waals surface area (Å²) >= 11 is 0. The van der Waals surface area contributed by atoms with E-state index < -0.39 is 0 Å². The third-order valence-corrected chi connectivity index (χ3v) is 3.78. The van der Waals surface area contributed by atoms with Gasteiger partial charge in [0.05, 0.1) is 0 Å². The molecule has 2 heterocycles. The maximum absolute atomic E-state index is 3.50. The van der Waals surface area contributed by atoms with Crippen molar-refractivity contribution in [3.05, 3.63) is 0 Å². The summed E-state index contributed by atoms with van der Waals surface area (Å²) in [5.41, 5.74) is 0. The van der Waals surface area contributed by atoms with Crippen LogP contribution >= 0.6 is 0 Å². The number of piperazine rings is 1. The minimum atomic E-state index is 0.919. The van der Waals surface area contributed by atoms with Crippen LogP contribution in [0.1, 0.15) is 19.3 Å². The molecule has 2 bridgehead atoms. The number of rotatable bonds is 0. The molecule has 11 heavy (non-hydrogen) atoms. The summed E-state index contributed by atoms with van der Waals surface area (Å²) in [6.45, 7) is 3.80. The second-order valence-corrected chi connectivity index (χ2v) is 4.24. The lowest BCUT2D eigenvalue weighted by Crippen LogP contribution is -2.53. The molecule has 2 nitrogen and oxygen atoms in total. The fraction of sp³-hybridized carbons (Fsp3) is 1.00. The fourth-order valence-electron chi connectivity index (χ4n) is 3.27. The molecule has 0 spiro atoms. The highest BCUT2D eigenvalue weighted by molar-refractivity contribution is 5.01. The standard InChI is InChI=1S/C9H16N2/c1-2-8-5-7(1)9-6-10-3-4-11(8)9/h7-10H,1-6H2/t7-,8+,9?/m0/s1. The van der Waals surface area contributed by atoms with Crippen LogP contribution in [0.3, 0.4) is 0 Å². The van der Waals surface area contributed by atoms with Gasteiger partial charge in [-0.3, -0.25) is 4.90 Å². The highest BCUT2D eigenvalue weighted by Gasteiger charge is 2.45. The molecule has 1 aliphatic carbocycles. The zero-order valence-electron chi connectivity index (χ0n) is 6.92. The van der Waals surface area contributed by atoms with Gasteiger partial charge in [-0.25, -0.2) is 0 Å². The van der Waals surface area contributed by atoms with Gasteiger partial charge in [0.2, 0.25) is 0 Å². The quantitative estimate of drug-likeness (QED) is 0.542. The lowest BCUT2D eigenvalue weighted by Gasteiger charge is -2.39.